The van der Waals surface area contributed by atoms with E-state index >= 15 is 0 Å². The Morgan fingerprint density at radius 1 is 1.21 bits per heavy atom. The van der Waals surface area contributed by atoms with E-state index in [2.05, 4.69) is 10.4 Å². The minimum Gasteiger partial charge on any atom is -0.493 e. The molecule has 2 rings (SSSR count). The van der Waals surface area contributed by atoms with Gasteiger partial charge in [-0.15, -0.1) is 0 Å². The van der Waals surface area contributed by atoms with Crippen molar-refractivity contribution in [3.05, 3.63) is 42.2 Å². The van der Waals surface area contributed by atoms with Crippen LogP contribution in [-0.2, 0) is 4.79 Å². The third-order valence-electron chi connectivity index (χ3n) is 3.49. The van der Waals surface area contributed by atoms with Crippen LogP contribution in [0.1, 0.15) is 36.2 Å². The monoisotopic (exact) mass is 331 g/mol. The van der Waals surface area contributed by atoms with Gasteiger partial charge >= 0.3 is 5.97 Å². The number of para-hydroxylation sites is 1. The summed E-state index contributed by atoms with van der Waals surface area (Å²) in [6.45, 7) is 0.472. The van der Waals surface area contributed by atoms with Gasteiger partial charge in [-0.3, -0.25) is 9.59 Å². The number of hydrogen-bond donors (Lipinski definition) is 2. The predicted octanol–water partition coefficient (Wildman–Crippen LogP) is 2.26. The van der Waals surface area contributed by atoms with E-state index in [1.165, 1.54) is 7.11 Å². The number of ether oxygens (including phenoxy) is 1. The van der Waals surface area contributed by atoms with Crippen LogP contribution in [0.2, 0.25) is 0 Å². The summed E-state index contributed by atoms with van der Waals surface area (Å²) >= 11 is 0. The van der Waals surface area contributed by atoms with E-state index in [9.17, 15) is 9.59 Å². The second-order valence-corrected chi connectivity index (χ2v) is 5.29. The molecule has 0 atom stereocenters. The first-order valence-corrected chi connectivity index (χ1v) is 7.81. The van der Waals surface area contributed by atoms with Gasteiger partial charge in [0.15, 0.2) is 11.4 Å². The molecule has 0 aliphatic rings. The number of hydrogen-bond acceptors (Lipinski definition) is 4. The first-order chi connectivity index (χ1) is 11.6. The summed E-state index contributed by atoms with van der Waals surface area (Å²) in [6.07, 6.45) is 3.90. The molecule has 7 heteroatoms. The fourth-order valence-electron chi connectivity index (χ4n) is 2.24. The molecule has 1 aromatic heterocycles. The lowest BCUT2D eigenvalue weighted by molar-refractivity contribution is -0.137. The highest BCUT2D eigenvalue weighted by molar-refractivity contribution is 5.94. The van der Waals surface area contributed by atoms with Crippen molar-refractivity contribution in [2.24, 2.45) is 0 Å². The lowest BCUT2D eigenvalue weighted by Gasteiger charge is -2.04. The summed E-state index contributed by atoms with van der Waals surface area (Å²) < 4.78 is 6.83. The highest BCUT2D eigenvalue weighted by Gasteiger charge is 2.17. The topological polar surface area (TPSA) is 93.5 Å². The van der Waals surface area contributed by atoms with Crippen molar-refractivity contribution in [3.8, 4) is 11.4 Å². The molecule has 128 valence electrons. The molecule has 0 spiro atoms. The fraction of sp³-hybridized carbons (Fsp3) is 0.353. The molecule has 1 aromatic carbocycles. The molecule has 0 radical (unpaired) electrons. The smallest absolute Gasteiger partial charge is 0.303 e. The van der Waals surface area contributed by atoms with Crippen molar-refractivity contribution in [2.75, 3.05) is 13.7 Å². The number of carbonyl (C=O) groups is 2. The molecule has 0 bridgehead atoms. The average Bonchev–Trinajstić information content (AvgIpc) is 3.03. The molecule has 0 unspecified atom stereocenters. The number of unbranched alkanes of at least 4 members (excludes halogenated alkanes) is 2. The summed E-state index contributed by atoms with van der Waals surface area (Å²) in [5.41, 5.74) is 1.07. The van der Waals surface area contributed by atoms with E-state index in [0.717, 1.165) is 18.5 Å². The first-order valence-electron chi connectivity index (χ1n) is 7.81. The summed E-state index contributed by atoms with van der Waals surface area (Å²) in [6, 6.07) is 9.45. The van der Waals surface area contributed by atoms with Gasteiger partial charge in [-0.2, -0.15) is 5.10 Å². The van der Waals surface area contributed by atoms with Gasteiger partial charge in [-0.1, -0.05) is 24.6 Å². The summed E-state index contributed by atoms with van der Waals surface area (Å²) in [7, 11) is 1.50. The van der Waals surface area contributed by atoms with Crippen LogP contribution in [0, 0.1) is 0 Å². The van der Waals surface area contributed by atoms with Gasteiger partial charge < -0.3 is 15.2 Å². The highest BCUT2D eigenvalue weighted by Crippen LogP contribution is 2.19. The number of nitrogens with one attached hydrogen (secondary N) is 1. The second-order valence-electron chi connectivity index (χ2n) is 5.29. The largest absolute Gasteiger partial charge is 0.493 e. The molecule has 2 N–H and O–H groups in total. The summed E-state index contributed by atoms with van der Waals surface area (Å²) in [4.78, 5) is 22.7. The Labute approximate surface area is 140 Å². The number of methoxy groups -OCH3 is 1. The van der Waals surface area contributed by atoms with E-state index in [1.807, 2.05) is 30.3 Å². The van der Waals surface area contributed by atoms with Crippen molar-refractivity contribution < 1.29 is 19.4 Å². The Bertz CT molecular complexity index is 682. The molecule has 0 aliphatic carbocycles. The number of aromatic nitrogens is 2. The molecule has 0 saturated carbocycles. The third kappa shape index (κ3) is 4.84. The van der Waals surface area contributed by atoms with Gasteiger partial charge in [0.1, 0.15) is 0 Å². The summed E-state index contributed by atoms with van der Waals surface area (Å²) in [5, 5.41) is 15.6. The number of nitrogens with zero attached hydrogens (tertiary/aromatic N) is 2. The Kier molecular flexibility index (Phi) is 6.36. The maximum Gasteiger partial charge on any atom is 0.303 e. The number of rotatable bonds is 9. The minimum absolute atomic E-state index is 0.156. The second kappa shape index (κ2) is 8.71. The van der Waals surface area contributed by atoms with Crippen LogP contribution in [0.25, 0.3) is 5.69 Å². The van der Waals surface area contributed by atoms with Crippen molar-refractivity contribution in [2.45, 2.75) is 25.7 Å². The highest BCUT2D eigenvalue weighted by atomic mass is 16.5. The van der Waals surface area contributed by atoms with E-state index in [-0.39, 0.29) is 18.0 Å². The van der Waals surface area contributed by atoms with Crippen LogP contribution in [0.5, 0.6) is 5.75 Å². The molecule has 24 heavy (non-hydrogen) atoms. The van der Waals surface area contributed by atoms with Gasteiger partial charge in [0.2, 0.25) is 0 Å². The molecule has 0 saturated heterocycles. The zero-order chi connectivity index (χ0) is 17.4. The van der Waals surface area contributed by atoms with Crippen LogP contribution < -0.4 is 10.1 Å². The van der Waals surface area contributed by atoms with Crippen molar-refractivity contribution in [1.29, 1.82) is 0 Å². The summed E-state index contributed by atoms with van der Waals surface area (Å²) in [5.74, 6) is -0.697. The number of benzene rings is 1. The Hall–Kier alpha value is -2.83. The lowest BCUT2D eigenvalue weighted by atomic mass is 10.2. The van der Waals surface area contributed by atoms with Gasteiger partial charge in [0, 0.05) is 13.0 Å². The number of carbonyl (C=O) groups excluding carboxylic acids is 1. The third-order valence-corrected chi connectivity index (χ3v) is 3.49. The van der Waals surface area contributed by atoms with Crippen LogP contribution in [0.4, 0.5) is 0 Å². The van der Waals surface area contributed by atoms with Crippen molar-refractivity contribution >= 4 is 11.9 Å². The van der Waals surface area contributed by atoms with Gasteiger partial charge in [-0.25, -0.2) is 4.68 Å². The Balaban J connectivity index is 1.92. The van der Waals surface area contributed by atoms with E-state index in [1.54, 1.807) is 10.9 Å². The zero-order valence-electron chi connectivity index (χ0n) is 13.6. The molecule has 1 amide bonds. The molecular weight excluding hydrogens is 310 g/mol. The molecule has 0 aliphatic heterocycles. The Morgan fingerprint density at radius 2 is 1.96 bits per heavy atom. The predicted molar refractivity (Wildman–Crippen MR) is 88.6 cm³/mol. The number of carboxylic acid groups (broad SMARTS) is 1. The number of aliphatic carboxylic acids is 1. The molecule has 1 heterocycles. The maximum absolute atomic E-state index is 12.2. The van der Waals surface area contributed by atoms with Crippen LogP contribution in [0.3, 0.4) is 0 Å². The van der Waals surface area contributed by atoms with E-state index < -0.39 is 5.97 Å². The van der Waals surface area contributed by atoms with Crippen molar-refractivity contribution in [1.82, 2.24) is 15.1 Å². The van der Waals surface area contributed by atoms with Crippen LogP contribution >= 0.6 is 0 Å². The Morgan fingerprint density at radius 3 is 2.62 bits per heavy atom. The average molecular weight is 331 g/mol. The zero-order valence-corrected chi connectivity index (χ0v) is 13.6. The normalized spacial score (nSPS) is 10.4. The quantitative estimate of drug-likeness (QED) is 0.687. The van der Waals surface area contributed by atoms with Crippen molar-refractivity contribution in [3.63, 3.8) is 0 Å². The molecule has 0 fully saturated rings. The molecular formula is C17H21N3O4. The fourth-order valence-corrected chi connectivity index (χ4v) is 2.24. The first kappa shape index (κ1) is 17.5. The standard InChI is InChI=1S/C17H21N3O4/c1-24-14-12-20(13-8-4-2-5-9-13)19-16(14)17(23)18-11-7-3-6-10-15(21)22/h2,4-5,8-9,12H,3,6-7,10-11H2,1H3,(H,18,23)(H,21,22). The number of amides is 1. The number of carboxylic acids is 1. The van der Waals surface area contributed by atoms with Crippen LogP contribution in [0.15, 0.2) is 36.5 Å². The van der Waals surface area contributed by atoms with Gasteiger partial charge in [0.25, 0.3) is 5.91 Å². The van der Waals surface area contributed by atoms with E-state index in [0.29, 0.717) is 18.7 Å². The molecule has 2 aromatic rings. The lowest BCUT2D eigenvalue weighted by Crippen LogP contribution is -2.25. The SMILES string of the molecule is COc1cn(-c2ccccc2)nc1C(=O)NCCCCCC(=O)O. The van der Waals surface area contributed by atoms with Gasteiger partial charge in [-0.05, 0) is 25.0 Å². The maximum atomic E-state index is 12.2. The van der Waals surface area contributed by atoms with E-state index in [4.69, 9.17) is 9.84 Å². The minimum atomic E-state index is -0.796. The van der Waals surface area contributed by atoms with Gasteiger partial charge in [0.05, 0.1) is 19.0 Å². The molecule has 7 nitrogen and oxygen atoms in total. The van der Waals surface area contributed by atoms with Crippen LogP contribution in [-0.4, -0.2) is 40.4 Å².